The van der Waals surface area contributed by atoms with Crippen molar-refractivity contribution in [3.05, 3.63) is 12.7 Å². The zero-order valence-electron chi connectivity index (χ0n) is 14.4. The van der Waals surface area contributed by atoms with Crippen LogP contribution in [0.4, 0.5) is 0 Å². The van der Waals surface area contributed by atoms with E-state index >= 15 is 0 Å². The Labute approximate surface area is 131 Å². The fraction of sp³-hybridized carbons (Fsp3) is 0.875. The van der Waals surface area contributed by atoms with E-state index in [1.807, 2.05) is 6.08 Å². The van der Waals surface area contributed by atoms with Gasteiger partial charge in [-0.05, 0) is 0 Å². The van der Waals surface area contributed by atoms with Crippen LogP contribution in [-0.4, -0.2) is 39.4 Å². The van der Waals surface area contributed by atoms with Crippen molar-refractivity contribution in [2.45, 2.75) is 52.4 Å². The second-order valence-electron chi connectivity index (χ2n) is 6.74. The average molecular weight is 393 g/mol. The number of allylic oxidation sites excluding steroid dienone is 1. The number of rotatable bonds is 11. The molecule has 0 radical (unpaired) electrons. The predicted octanol–water partition coefficient (Wildman–Crippen LogP) is 4.52. The van der Waals surface area contributed by atoms with Crippen molar-refractivity contribution >= 4 is 19.6 Å². The van der Waals surface area contributed by atoms with E-state index in [0.29, 0.717) is 37.6 Å². The van der Waals surface area contributed by atoms with Gasteiger partial charge in [0.05, 0.1) is 0 Å². The number of hydrogen-bond donors (Lipinski definition) is 0. The zero-order chi connectivity index (χ0) is 15.8. The van der Waals surface area contributed by atoms with Gasteiger partial charge in [0.1, 0.15) is 0 Å². The molecular weight excluding hydrogens is 359 g/mol. The van der Waals surface area contributed by atoms with Gasteiger partial charge in [-0.15, -0.1) is 0 Å². The van der Waals surface area contributed by atoms with Crippen molar-refractivity contribution in [1.29, 1.82) is 0 Å². The third kappa shape index (κ3) is 8.01. The first kappa shape index (κ1) is 20.4. The average Bonchev–Trinajstić information content (AvgIpc) is 2.36. The SMILES string of the molecule is C=C[CH](C)[Sn]([O]CC(C)C)([O]CC(C)C)[O]CC(C)C. The molecule has 0 fully saturated rings. The van der Waals surface area contributed by atoms with E-state index in [9.17, 15) is 0 Å². The summed E-state index contributed by atoms with van der Waals surface area (Å²) in [7, 11) is 0. The third-order valence-electron chi connectivity index (χ3n) is 2.76. The van der Waals surface area contributed by atoms with Crippen molar-refractivity contribution < 1.29 is 9.22 Å². The van der Waals surface area contributed by atoms with E-state index in [4.69, 9.17) is 9.22 Å². The molecule has 0 aromatic rings. The van der Waals surface area contributed by atoms with Gasteiger partial charge >= 0.3 is 131 Å². The van der Waals surface area contributed by atoms with Gasteiger partial charge in [0.25, 0.3) is 0 Å². The molecule has 0 aliphatic heterocycles. The van der Waals surface area contributed by atoms with E-state index in [1.165, 1.54) is 0 Å². The Balaban J connectivity index is 4.99. The standard InChI is InChI=1S/3C4H9O.C4H7.Sn/c3*1-4(2)3-5;1-3-4-2;/h3*4H,3H2,1-2H3;3-4H,1H2,2H3;/q3*-1;;+3. The zero-order valence-corrected chi connectivity index (χ0v) is 17.3. The first-order valence-electron chi connectivity index (χ1n) is 7.77. The summed E-state index contributed by atoms with van der Waals surface area (Å²) in [5.41, 5.74) is 0. The predicted molar refractivity (Wildman–Crippen MR) is 87.7 cm³/mol. The summed E-state index contributed by atoms with van der Waals surface area (Å²) in [4.78, 5) is 0. The Kier molecular flexibility index (Phi) is 10.4. The van der Waals surface area contributed by atoms with Gasteiger partial charge < -0.3 is 0 Å². The van der Waals surface area contributed by atoms with Crippen LogP contribution in [0.5, 0.6) is 0 Å². The minimum absolute atomic E-state index is 0.181. The number of hydrogen-bond acceptors (Lipinski definition) is 3. The summed E-state index contributed by atoms with van der Waals surface area (Å²) in [5, 5.41) is 0. The second kappa shape index (κ2) is 10.2. The molecule has 3 nitrogen and oxygen atoms in total. The summed E-state index contributed by atoms with van der Waals surface area (Å²) >= 11 is -3.57. The fourth-order valence-corrected chi connectivity index (χ4v) is 10.1. The topological polar surface area (TPSA) is 27.7 Å². The van der Waals surface area contributed by atoms with Crippen LogP contribution in [0.3, 0.4) is 0 Å². The molecule has 0 N–H and O–H groups in total. The van der Waals surface area contributed by atoms with Crippen LogP contribution < -0.4 is 0 Å². The molecule has 0 aliphatic rings. The minimum atomic E-state index is -3.57. The van der Waals surface area contributed by atoms with Gasteiger partial charge in [-0.1, -0.05) is 0 Å². The summed E-state index contributed by atoms with van der Waals surface area (Å²) in [5.74, 6) is 1.44. The van der Waals surface area contributed by atoms with Crippen molar-refractivity contribution in [3.8, 4) is 0 Å². The molecule has 0 bridgehead atoms. The molecule has 120 valence electrons. The quantitative estimate of drug-likeness (QED) is 0.382. The van der Waals surface area contributed by atoms with Gasteiger partial charge in [0.15, 0.2) is 0 Å². The first-order chi connectivity index (χ1) is 9.23. The molecule has 0 spiro atoms. The van der Waals surface area contributed by atoms with Crippen LogP contribution in [0.2, 0.25) is 3.93 Å². The molecule has 0 aromatic carbocycles. The summed E-state index contributed by atoms with van der Waals surface area (Å²) in [6.07, 6.45) is 1.93. The van der Waals surface area contributed by atoms with Gasteiger partial charge in [-0.2, -0.15) is 0 Å². The molecule has 0 saturated carbocycles. The monoisotopic (exact) mass is 394 g/mol. The third-order valence-corrected chi connectivity index (χ3v) is 11.5. The summed E-state index contributed by atoms with van der Waals surface area (Å²) in [6, 6.07) is 0. The van der Waals surface area contributed by atoms with Gasteiger partial charge in [-0.25, -0.2) is 0 Å². The Hall–Kier alpha value is 0.419. The van der Waals surface area contributed by atoms with Crippen LogP contribution in [0.15, 0.2) is 12.7 Å². The van der Waals surface area contributed by atoms with Crippen molar-refractivity contribution in [3.63, 3.8) is 0 Å². The Morgan fingerprint density at radius 3 is 1.25 bits per heavy atom. The second-order valence-corrected chi connectivity index (χ2v) is 15.3. The van der Waals surface area contributed by atoms with Gasteiger partial charge in [-0.3, -0.25) is 0 Å². The van der Waals surface area contributed by atoms with Crippen LogP contribution >= 0.6 is 0 Å². The molecule has 0 heterocycles. The van der Waals surface area contributed by atoms with Gasteiger partial charge in [0.2, 0.25) is 0 Å². The Morgan fingerprint density at radius 1 is 0.750 bits per heavy atom. The van der Waals surface area contributed by atoms with Crippen LogP contribution in [0.25, 0.3) is 0 Å². The molecule has 0 aromatic heterocycles. The summed E-state index contributed by atoms with van der Waals surface area (Å²) in [6.45, 7) is 21.0. The molecule has 20 heavy (non-hydrogen) atoms. The van der Waals surface area contributed by atoms with E-state index < -0.39 is 19.6 Å². The fourth-order valence-electron chi connectivity index (χ4n) is 1.51. The molecule has 0 amide bonds. The summed E-state index contributed by atoms with van der Waals surface area (Å²) < 4.78 is 18.9. The maximum atomic E-state index is 6.24. The van der Waals surface area contributed by atoms with E-state index in [0.717, 1.165) is 0 Å². The van der Waals surface area contributed by atoms with Gasteiger partial charge in [0, 0.05) is 0 Å². The van der Waals surface area contributed by atoms with Crippen molar-refractivity contribution in [1.82, 2.24) is 0 Å². The molecule has 0 aliphatic carbocycles. The molecule has 1 unspecified atom stereocenters. The van der Waals surface area contributed by atoms with Crippen LogP contribution in [0, 0.1) is 17.8 Å². The molecule has 1 atom stereocenters. The van der Waals surface area contributed by atoms with E-state index in [1.54, 1.807) is 0 Å². The Morgan fingerprint density at radius 2 is 1.05 bits per heavy atom. The molecule has 0 saturated heterocycles. The maximum absolute atomic E-state index is 6.24. The molecule has 0 rings (SSSR count). The normalized spacial score (nSPS) is 14.3. The Bertz CT molecular complexity index is 233. The van der Waals surface area contributed by atoms with Crippen LogP contribution in [0.1, 0.15) is 48.5 Å². The first-order valence-corrected chi connectivity index (χ1v) is 12.9. The van der Waals surface area contributed by atoms with E-state index in [-0.39, 0.29) is 3.93 Å². The van der Waals surface area contributed by atoms with Crippen molar-refractivity contribution in [2.24, 2.45) is 17.8 Å². The van der Waals surface area contributed by atoms with E-state index in [2.05, 4.69) is 55.0 Å². The van der Waals surface area contributed by atoms with Crippen molar-refractivity contribution in [2.75, 3.05) is 19.8 Å². The molecule has 4 heteroatoms. The molecular formula is C16H34O3Sn. The van der Waals surface area contributed by atoms with Crippen LogP contribution in [-0.2, 0) is 9.22 Å².